The van der Waals surface area contributed by atoms with Crippen molar-refractivity contribution >= 4 is 0 Å². The van der Waals surface area contributed by atoms with Gasteiger partial charge in [-0.2, -0.15) is 0 Å². The minimum atomic E-state index is 0.196. The third-order valence-electron chi connectivity index (χ3n) is 2.55. The van der Waals surface area contributed by atoms with Gasteiger partial charge in [0.15, 0.2) is 0 Å². The fourth-order valence-corrected chi connectivity index (χ4v) is 1.47. The summed E-state index contributed by atoms with van der Waals surface area (Å²) in [6, 6.07) is 7.68. The molecule has 4 heteroatoms. The van der Waals surface area contributed by atoms with Crippen molar-refractivity contribution < 1.29 is 18.9 Å². The van der Waals surface area contributed by atoms with E-state index in [1.165, 1.54) is 0 Å². The Morgan fingerprint density at radius 1 is 1.19 bits per heavy atom. The zero-order chi connectivity index (χ0) is 10.8. The minimum Gasteiger partial charge on any atom is -0.491 e. The first-order valence-corrected chi connectivity index (χ1v) is 5.49. The Hall–Kier alpha value is -1.26. The standard InChI is InChI=1S/C12H14O4/c1-2-9(14-7-11-8-15-11)4-10(3-1)16-12-5-13-6-12/h1-4,11-12H,5-8H2. The van der Waals surface area contributed by atoms with Gasteiger partial charge in [-0.15, -0.1) is 0 Å². The van der Waals surface area contributed by atoms with Gasteiger partial charge >= 0.3 is 0 Å². The molecule has 2 saturated heterocycles. The maximum Gasteiger partial charge on any atom is 0.145 e. The lowest BCUT2D eigenvalue weighted by Crippen LogP contribution is -2.38. The smallest absolute Gasteiger partial charge is 0.145 e. The molecule has 0 radical (unpaired) electrons. The number of rotatable bonds is 5. The Morgan fingerprint density at radius 2 is 2.00 bits per heavy atom. The number of hydrogen-bond donors (Lipinski definition) is 0. The zero-order valence-electron chi connectivity index (χ0n) is 8.93. The summed E-state index contributed by atoms with van der Waals surface area (Å²) in [6.45, 7) is 2.80. The highest BCUT2D eigenvalue weighted by molar-refractivity contribution is 5.33. The first-order valence-electron chi connectivity index (χ1n) is 5.49. The number of benzene rings is 1. The second-order valence-electron chi connectivity index (χ2n) is 4.02. The quantitative estimate of drug-likeness (QED) is 0.703. The third-order valence-corrected chi connectivity index (χ3v) is 2.55. The Bertz CT molecular complexity index is 358. The largest absolute Gasteiger partial charge is 0.491 e. The van der Waals surface area contributed by atoms with Gasteiger partial charge < -0.3 is 18.9 Å². The number of epoxide rings is 1. The van der Waals surface area contributed by atoms with E-state index in [0.29, 0.717) is 19.8 Å². The zero-order valence-corrected chi connectivity index (χ0v) is 8.93. The monoisotopic (exact) mass is 222 g/mol. The van der Waals surface area contributed by atoms with Gasteiger partial charge in [0.2, 0.25) is 0 Å². The normalized spacial score (nSPS) is 23.6. The summed E-state index contributed by atoms with van der Waals surface area (Å²) in [6.07, 6.45) is 0.478. The molecule has 2 aliphatic heterocycles. The summed E-state index contributed by atoms with van der Waals surface area (Å²) in [7, 11) is 0. The van der Waals surface area contributed by atoms with Crippen molar-refractivity contribution in [3.05, 3.63) is 24.3 Å². The average Bonchev–Trinajstić information content (AvgIpc) is 3.05. The van der Waals surface area contributed by atoms with Crippen LogP contribution in [0.15, 0.2) is 24.3 Å². The van der Waals surface area contributed by atoms with E-state index in [-0.39, 0.29) is 12.2 Å². The van der Waals surface area contributed by atoms with Gasteiger partial charge in [0.1, 0.15) is 30.3 Å². The van der Waals surface area contributed by atoms with Crippen molar-refractivity contribution in [1.29, 1.82) is 0 Å². The van der Waals surface area contributed by atoms with E-state index >= 15 is 0 Å². The molecular formula is C12H14O4. The summed E-state index contributed by atoms with van der Waals surface area (Å²) in [5, 5.41) is 0. The Morgan fingerprint density at radius 3 is 2.69 bits per heavy atom. The molecule has 86 valence electrons. The highest BCUT2D eigenvalue weighted by atomic mass is 16.6. The first-order chi connectivity index (χ1) is 7.90. The molecule has 0 saturated carbocycles. The highest BCUT2D eigenvalue weighted by Crippen LogP contribution is 2.23. The van der Waals surface area contributed by atoms with Crippen LogP contribution in [0.25, 0.3) is 0 Å². The van der Waals surface area contributed by atoms with E-state index in [4.69, 9.17) is 18.9 Å². The molecule has 2 heterocycles. The molecule has 1 aromatic carbocycles. The van der Waals surface area contributed by atoms with Crippen molar-refractivity contribution in [2.24, 2.45) is 0 Å². The first kappa shape index (κ1) is 9.93. The lowest BCUT2D eigenvalue weighted by molar-refractivity contribution is -0.0797. The minimum absolute atomic E-state index is 0.196. The summed E-state index contributed by atoms with van der Waals surface area (Å²) in [5.74, 6) is 1.66. The van der Waals surface area contributed by atoms with Crippen LogP contribution in [0.2, 0.25) is 0 Å². The van der Waals surface area contributed by atoms with Crippen LogP contribution in [0.5, 0.6) is 11.5 Å². The van der Waals surface area contributed by atoms with Crippen LogP contribution in [0.1, 0.15) is 0 Å². The number of hydrogen-bond acceptors (Lipinski definition) is 4. The molecule has 16 heavy (non-hydrogen) atoms. The Labute approximate surface area is 94.1 Å². The molecule has 0 aliphatic carbocycles. The summed E-state index contributed by atoms with van der Waals surface area (Å²) in [5.41, 5.74) is 0. The van der Waals surface area contributed by atoms with Crippen LogP contribution in [0.4, 0.5) is 0 Å². The van der Waals surface area contributed by atoms with Crippen LogP contribution >= 0.6 is 0 Å². The molecule has 4 nitrogen and oxygen atoms in total. The lowest BCUT2D eigenvalue weighted by Gasteiger charge is -2.26. The highest BCUT2D eigenvalue weighted by Gasteiger charge is 2.23. The van der Waals surface area contributed by atoms with Gasteiger partial charge in [-0.25, -0.2) is 0 Å². The lowest BCUT2D eigenvalue weighted by atomic mass is 10.3. The van der Waals surface area contributed by atoms with E-state index in [2.05, 4.69) is 0 Å². The van der Waals surface area contributed by atoms with E-state index in [1.807, 2.05) is 24.3 Å². The molecular weight excluding hydrogens is 208 g/mol. The predicted octanol–water partition coefficient (Wildman–Crippen LogP) is 1.24. The topological polar surface area (TPSA) is 40.2 Å². The molecule has 0 aromatic heterocycles. The van der Waals surface area contributed by atoms with E-state index in [0.717, 1.165) is 18.1 Å². The van der Waals surface area contributed by atoms with Gasteiger partial charge in [0, 0.05) is 6.07 Å². The Kier molecular flexibility index (Phi) is 2.68. The summed E-state index contributed by atoms with van der Waals surface area (Å²) >= 11 is 0. The van der Waals surface area contributed by atoms with Crippen molar-refractivity contribution in [2.45, 2.75) is 12.2 Å². The molecule has 1 aromatic rings. The Balaban J connectivity index is 1.57. The van der Waals surface area contributed by atoms with Gasteiger partial charge in [0.25, 0.3) is 0 Å². The van der Waals surface area contributed by atoms with Crippen LogP contribution in [-0.2, 0) is 9.47 Å². The van der Waals surface area contributed by atoms with Gasteiger partial charge in [-0.05, 0) is 12.1 Å². The number of ether oxygens (including phenoxy) is 4. The molecule has 0 spiro atoms. The van der Waals surface area contributed by atoms with Crippen LogP contribution < -0.4 is 9.47 Å². The molecule has 1 atom stereocenters. The molecule has 2 aliphatic rings. The SMILES string of the molecule is c1cc(OCC2CO2)cc(OC2COC2)c1. The van der Waals surface area contributed by atoms with Crippen LogP contribution in [0.3, 0.4) is 0 Å². The van der Waals surface area contributed by atoms with Crippen LogP contribution in [0, 0.1) is 0 Å². The molecule has 0 N–H and O–H groups in total. The molecule has 0 amide bonds. The average molecular weight is 222 g/mol. The van der Waals surface area contributed by atoms with Crippen molar-refractivity contribution in [1.82, 2.24) is 0 Å². The van der Waals surface area contributed by atoms with Crippen molar-refractivity contribution in [3.8, 4) is 11.5 Å². The second kappa shape index (κ2) is 4.31. The molecule has 3 rings (SSSR count). The fourth-order valence-electron chi connectivity index (χ4n) is 1.47. The molecule has 0 bridgehead atoms. The second-order valence-corrected chi connectivity index (χ2v) is 4.02. The van der Waals surface area contributed by atoms with Crippen LogP contribution in [-0.4, -0.2) is 38.6 Å². The van der Waals surface area contributed by atoms with Crippen molar-refractivity contribution in [2.75, 3.05) is 26.4 Å². The predicted molar refractivity (Wildman–Crippen MR) is 56.9 cm³/mol. The maximum absolute atomic E-state index is 5.68. The van der Waals surface area contributed by atoms with Gasteiger partial charge in [-0.3, -0.25) is 0 Å². The third kappa shape index (κ3) is 2.46. The van der Waals surface area contributed by atoms with Gasteiger partial charge in [-0.1, -0.05) is 6.07 Å². The van der Waals surface area contributed by atoms with E-state index in [1.54, 1.807) is 0 Å². The van der Waals surface area contributed by atoms with E-state index < -0.39 is 0 Å². The maximum atomic E-state index is 5.68. The summed E-state index contributed by atoms with van der Waals surface area (Å²) < 4.78 is 21.4. The summed E-state index contributed by atoms with van der Waals surface area (Å²) in [4.78, 5) is 0. The molecule has 2 fully saturated rings. The molecule has 1 unspecified atom stereocenters. The van der Waals surface area contributed by atoms with Gasteiger partial charge in [0.05, 0.1) is 19.8 Å². The fraction of sp³-hybridized carbons (Fsp3) is 0.500. The van der Waals surface area contributed by atoms with E-state index in [9.17, 15) is 0 Å². The van der Waals surface area contributed by atoms with Crippen molar-refractivity contribution in [3.63, 3.8) is 0 Å².